The van der Waals surface area contributed by atoms with E-state index >= 15 is 0 Å². The van der Waals surface area contributed by atoms with Crippen LogP contribution < -0.4 is 16.4 Å². The highest BCUT2D eigenvalue weighted by Crippen LogP contribution is 2.24. The van der Waals surface area contributed by atoms with E-state index in [1.165, 1.54) is 17.5 Å². The van der Waals surface area contributed by atoms with Gasteiger partial charge in [0.15, 0.2) is 0 Å². The number of aromatic nitrogens is 1. The third kappa shape index (κ3) is 6.04. The molecule has 0 saturated carbocycles. The van der Waals surface area contributed by atoms with Gasteiger partial charge >= 0.3 is 0 Å². The summed E-state index contributed by atoms with van der Waals surface area (Å²) in [5, 5.41) is 7.61. The van der Waals surface area contributed by atoms with Crippen molar-refractivity contribution in [3.05, 3.63) is 63.5 Å². The molecule has 2 rings (SSSR count). The van der Waals surface area contributed by atoms with Crippen molar-refractivity contribution in [3.63, 3.8) is 0 Å². The minimum Gasteiger partial charge on any atom is -0.384 e. The van der Waals surface area contributed by atoms with Gasteiger partial charge < -0.3 is 16.4 Å². The van der Waals surface area contributed by atoms with Crippen molar-refractivity contribution in [2.24, 2.45) is 10.7 Å². The lowest BCUT2D eigenvalue weighted by atomic mass is 10.2. The van der Waals surface area contributed by atoms with Crippen molar-refractivity contribution in [2.45, 2.75) is 13.3 Å². The van der Waals surface area contributed by atoms with E-state index < -0.39 is 0 Å². The van der Waals surface area contributed by atoms with Crippen molar-refractivity contribution in [1.29, 1.82) is 0 Å². The van der Waals surface area contributed by atoms with Gasteiger partial charge in [0.05, 0.1) is 10.7 Å². The summed E-state index contributed by atoms with van der Waals surface area (Å²) in [6.07, 6.45) is 6.80. The topological polar surface area (TPSA) is 109 Å². The molecule has 0 aliphatic rings. The van der Waals surface area contributed by atoms with Gasteiger partial charge in [0.1, 0.15) is 16.5 Å². The third-order valence-corrected chi connectivity index (χ3v) is 4.70. The SMILES string of the molecule is C/C=C(\C=C/CC(=O)Nc1ccsc1C(=O)Nc1ccc(Cl)cn1)C(N)=NC. The molecule has 0 fully saturated rings. The van der Waals surface area contributed by atoms with Crippen LogP contribution in [-0.2, 0) is 4.79 Å². The van der Waals surface area contributed by atoms with E-state index in [9.17, 15) is 9.59 Å². The Labute approximate surface area is 172 Å². The number of hydrogen-bond acceptors (Lipinski definition) is 5. The lowest BCUT2D eigenvalue weighted by molar-refractivity contribution is -0.115. The molecule has 0 atom stereocenters. The largest absolute Gasteiger partial charge is 0.384 e. The first-order valence-electron chi connectivity index (χ1n) is 8.30. The predicted molar refractivity (Wildman–Crippen MR) is 115 cm³/mol. The maximum atomic E-state index is 12.4. The van der Waals surface area contributed by atoms with E-state index in [1.54, 1.807) is 42.8 Å². The molecule has 2 heterocycles. The molecule has 0 aliphatic heterocycles. The molecule has 0 unspecified atom stereocenters. The van der Waals surface area contributed by atoms with Crippen LogP contribution in [-0.4, -0.2) is 29.7 Å². The highest BCUT2D eigenvalue weighted by Gasteiger charge is 2.15. The zero-order chi connectivity index (χ0) is 20.5. The normalized spacial score (nSPS) is 12.2. The van der Waals surface area contributed by atoms with Crippen LogP contribution in [0.5, 0.6) is 0 Å². The molecule has 146 valence electrons. The summed E-state index contributed by atoms with van der Waals surface area (Å²) in [4.78, 5) is 32.9. The Hall–Kier alpha value is -2.97. The smallest absolute Gasteiger partial charge is 0.269 e. The summed E-state index contributed by atoms with van der Waals surface area (Å²) in [6.45, 7) is 1.84. The van der Waals surface area contributed by atoms with Gasteiger partial charge in [0.2, 0.25) is 5.91 Å². The second-order valence-electron chi connectivity index (χ2n) is 5.49. The van der Waals surface area contributed by atoms with E-state index in [4.69, 9.17) is 17.3 Å². The molecule has 0 aromatic carbocycles. The molecule has 0 spiro atoms. The molecule has 7 nitrogen and oxygen atoms in total. The monoisotopic (exact) mass is 417 g/mol. The Bertz CT molecular complexity index is 932. The fraction of sp³-hybridized carbons (Fsp3) is 0.158. The molecule has 4 N–H and O–H groups in total. The van der Waals surface area contributed by atoms with Crippen LogP contribution in [0.2, 0.25) is 5.02 Å². The summed E-state index contributed by atoms with van der Waals surface area (Å²) in [7, 11) is 1.60. The molecular formula is C19H20ClN5O2S. The van der Waals surface area contributed by atoms with Gasteiger partial charge in [-0.15, -0.1) is 11.3 Å². The minimum absolute atomic E-state index is 0.129. The first kappa shape index (κ1) is 21.3. The summed E-state index contributed by atoms with van der Waals surface area (Å²) < 4.78 is 0. The summed E-state index contributed by atoms with van der Waals surface area (Å²) in [6, 6.07) is 4.90. The minimum atomic E-state index is -0.362. The predicted octanol–water partition coefficient (Wildman–Crippen LogP) is 3.87. The number of aliphatic imine (C=N–C) groups is 1. The Kier molecular flexibility index (Phi) is 7.91. The highest BCUT2D eigenvalue weighted by atomic mass is 35.5. The number of carbonyl (C=O) groups excluding carboxylic acids is 2. The summed E-state index contributed by atoms with van der Waals surface area (Å²) >= 11 is 7.00. The number of halogens is 1. The number of nitrogens with one attached hydrogen (secondary N) is 2. The number of carbonyl (C=O) groups is 2. The molecule has 0 radical (unpaired) electrons. The van der Waals surface area contributed by atoms with Crippen LogP contribution in [0.1, 0.15) is 23.0 Å². The van der Waals surface area contributed by atoms with Gasteiger partial charge in [-0.05, 0) is 30.5 Å². The Morgan fingerprint density at radius 2 is 2.11 bits per heavy atom. The molecule has 2 aromatic rings. The summed E-state index contributed by atoms with van der Waals surface area (Å²) in [5.41, 5.74) is 6.93. The van der Waals surface area contributed by atoms with Crippen LogP contribution in [0.15, 0.2) is 58.6 Å². The fourth-order valence-corrected chi connectivity index (χ4v) is 3.02. The van der Waals surface area contributed by atoms with E-state index in [0.29, 0.717) is 27.2 Å². The van der Waals surface area contributed by atoms with Crippen LogP contribution in [0.3, 0.4) is 0 Å². The Morgan fingerprint density at radius 1 is 1.32 bits per heavy atom. The lowest BCUT2D eigenvalue weighted by Gasteiger charge is -2.07. The molecule has 28 heavy (non-hydrogen) atoms. The number of pyridine rings is 1. The van der Waals surface area contributed by atoms with Crippen LogP contribution in [0.25, 0.3) is 0 Å². The lowest BCUT2D eigenvalue weighted by Crippen LogP contribution is -2.16. The number of allylic oxidation sites excluding steroid dienone is 1. The zero-order valence-corrected chi connectivity index (χ0v) is 17.0. The number of nitrogens with zero attached hydrogens (tertiary/aromatic N) is 2. The second kappa shape index (κ2) is 10.4. The number of anilines is 2. The molecule has 0 bridgehead atoms. The van der Waals surface area contributed by atoms with Crippen LogP contribution in [0, 0.1) is 0 Å². The van der Waals surface area contributed by atoms with Crippen molar-refractivity contribution in [1.82, 2.24) is 4.98 Å². The van der Waals surface area contributed by atoms with Crippen LogP contribution in [0.4, 0.5) is 11.5 Å². The fourth-order valence-electron chi connectivity index (χ4n) is 2.16. The first-order valence-corrected chi connectivity index (χ1v) is 9.56. The van der Waals surface area contributed by atoms with Gasteiger partial charge in [-0.1, -0.05) is 29.8 Å². The molecule has 2 aromatic heterocycles. The van der Waals surface area contributed by atoms with Gasteiger partial charge in [0, 0.05) is 25.2 Å². The highest BCUT2D eigenvalue weighted by molar-refractivity contribution is 7.12. The Morgan fingerprint density at radius 3 is 2.75 bits per heavy atom. The molecule has 0 aliphatic carbocycles. The quantitative estimate of drug-likeness (QED) is 0.361. The van der Waals surface area contributed by atoms with Gasteiger partial charge in [-0.2, -0.15) is 0 Å². The number of amides is 2. The number of rotatable bonds is 7. The molecule has 9 heteroatoms. The van der Waals surface area contributed by atoms with Crippen LogP contribution >= 0.6 is 22.9 Å². The number of hydrogen-bond donors (Lipinski definition) is 3. The van der Waals surface area contributed by atoms with Gasteiger partial charge in [0.25, 0.3) is 5.91 Å². The average Bonchev–Trinajstić information content (AvgIpc) is 3.14. The van der Waals surface area contributed by atoms with E-state index in [2.05, 4.69) is 20.6 Å². The van der Waals surface area contributed by atoms with E-state index in [1.807, 2.05) is 13.0 Å². The third-order valence-electron chi connectivity index (χ3n) is 3.56. The van der Waals surface area contributed by atoms with Crippen molar-refractivity contribution < 1.29 is 9.59 Å². The number of amidine groups is 1. The van der Waals surface area contributed by atoms with Crippen molar-refractivity contribution in [2.75, 3.05) is 17.7 Å². The Balaban J connectivity index is 1.98. The zero-order valence-electron chi connectivity index (χ0n) is 15.4. The maximum absolute atomic E-state index is 12.4. The van der Waals surface area contributed by atoms with Gasteiger partial charge in [-0.25, -0.2) is 4.98 Å². The second-order valence-corrected chi connectivity index (χ2v) is 6.84. The van der Waals surface area contributed by atoms with E-state index in [-0.39, 0.29) is 18.2 Å². The van der Waals surface area contributed by atoms with Gasteiger partial charge in [-0.3, -0.25) is 14.6 Å². The standard InChI is InChI=1S/C19H20ClN5O2S/c1-3-12(18(21)22-2)5-4-6-16(26)24-14-9-10-28-17(14)19(27)25-15-8-7-13(20)11-23-15/h3-5,7-11H,6H2,1-2H3,(H2,21,22)(H,24,26)(H,23,25,27)/b5-4-,12-3+. The van der Waals surface area contributed by atoms with Crippen molar-refractivity contribution >= 4 is 52.1 Å². The van der Waals surface area contributed by atoms with E-state index in [0.717, 1.165) is 5.57 Å². The average molecular weight is 418 g/mol. The number of thiophene rings is 1. The number of nitrogens with two attached hydrogens (primary N) is 1. The molecular weight excluding hydrogens is 398 g/mol. The summed E-state index contributed by atoms with van der Waals surface area (Å²) in [5.74, 6) is 0.151. The maximum Gasteiger partial charge on any atom is 0.269 e. The van der Waals surface area contributed by atoms with Crippen molar-refractivity contribution in [3.8, 4) is 0 Å². The molecule has 2 amide bonds. The molecule has 0 saturated heterocycles. The first-order chi connectivity index (χ1) is 13.4.